The molecule has 1 aromatic heterocycles. The number of hydrogen-bond donors (Lipinski definition) is 2. The first-order valence-electron chi connectivity index (χ1n) is 8.02. The zero-order chi connectivity index (χ0) is 18.5. The van der Waals surface area contributed by atoms with Gasteiger partial charge < -0.3 is 10.6 Å². The van der Waals surface area contributed by atoms with Gasteiger partial charge in [0.2, 0.25) is 0 Å². The molecule has 0 aliphatic heterocycles. The molecule has 0 aliphatic rings. The lowest BCUT2D eigenvalue weighted by Gasteiger charge is -2.09. The van der Waals surface area contributed by atoms with Gasteiger partial charge in [0.1, 0.15) is 5.82 Å². The van der Waals surface area contributed by atoms with Crippen molar-refractivity contribution in [2.24, 2.45) is 0 Å². The topological polar surface area (TPSA) is 54.0 Å². The van der Waals surface area contributed by atoms with Crippen LogP contribution in [0, 0.1) is 12.7 Å². The molecule has 3 aromatic rings. The van der Waals surface area contributed by atoms with Crippen LogP contribution in [-0.4, -0.2) is 10.9 Å². The summed E-state index contributed by atoms with van der Waals surface area (Å²) in [7, 11) is 0. The van der Waals surface area contributed by atoms with Crippen molar-refractivity contribution in [2.75, 3.05) is 10.6 Å². The standard InChI is InChI=1S/C20H17ClFN3O/c1-13-2-7-17(9-19(13)21)25-20(26)15-8-18(12-23-11-15)24-10-14-3-5-16(22)6-4-14/h2-9,11-12,24H,10H2,1H3,(H,25,26). The van der Waals surface area contributed by atoms with E-state index in [4.69, 9.17) is 11.6 Å². The largest absolute Gasteiger partial charge is 0.380 e. The Balaban J connectivity index is 1.66. The molecule has 0 unspecified atom stereocenters. The van der Waals surface area contributed by atoms with Crippen LogP contribution in [0.25, 0.3) is 0 Å². The number of nitrogens with zero attached hydrogens (tertiary/aromatic N) is 1. The third kappa shape index (κ3) is 4.58. The molecule has 3 rings (SSSR count). The average molecular weight is 370 g/mol. The predicted molar refractivity (Wildman–Crippen MR) is 102 cm³/mol. The Hall–Kier alpha value is -2.92. The Morgan fingerprint density at radius 3 is 2.58 bits per heavy atom. The summed E-state index contributed by atoms with van der Waals surface area (Å²) in [4.78, 5) is 16.5. The number of halogens is 2. The summed E-state index contributed by atoms with van der Waals surface area (Å²) >= 11 is 6.08. The molecule has 0 saturated heterocycles. The maximum Gasteiger partial charge on any atom is 0.257 e. The molecule has 26 heavy (non-hydrogen) atoms. The molecule has 2 aromatic carbocycles. The SMILES string of the molecule is Cc1ccc(NC(=O)c2cncc(NCc3ccc(F)cc3)c2)cc1Cl. The van der Waals surface area contributed by atoms with Crippen molar-refractivity contribution in [2.45, 2.75) is 13.5 Å². The Kier molecular flexibility index (Phi) is 5.49. The van der Waals surface area contributed by atoms with Crippen LogP contribution in [0.5, 0.6) is 0 Å². The normalized spacial score (nSPS) is 10.4. The first-order valence-corrected chi connectivity index (χ1v) is 8.40. The molecule has 4 nitrogen and oxygen atoms in total. The Morgan fingerprint density at radius 2 is 1.85 bits per heavy atom. The smallest absolute Gasteiger partial charge is 0.257 e. The van der Waals surface area contributed by atoms with Crippen LogP contribution in [0.3, 0.4) is 0 Å². The minimum Gasteiger partial charge on any atom is -0.380 e. The molecule has 132 valence electrons. The van der Waals surface area contributed by atoms with Gasteiger partial charge in [-0.25, -0.2) is 4.39 Å². The highest BCUT2D eigenvalue weighted by Crippen LogP contribution is 2.21. The fourth-order valence-electron chi connectivity index (χ4n) is 2.34. The molecular formula is C20H17ClFN3O. The molecule has 6 heteroatoms. The van der Waals surface area contributed by atoms with Gasteiger partial charge >= 0.3 is 0 Å². The number of pyridine rings is 1. The number of amides is 1. The molecule has 2 N–H and O–H groups in total. The third-order valence-corrected chi connectivity index (χ3v) is 4.25. The summed E-state index contributed by atoms with van der Waals surface area (Å²) in [6, 6.07) is 13.3. The number of carbonyl (C=O) groups excluding carboxylic acids is 1. The molecule has 1 heterocycles. The average Bonchev–Trinajstić information content (AvgIpc) is 2.64. The van der Waals surface area contributed by atoms with Crippen LogP contribution in [0.4, 0.5) is 15.8 Å². The number of benzene rings is 2. The van der Waals surface area contributed by atoms with Crippen molar-refractivity contribution in [3.05, 3.63) is 88.5 Å². The van der Waals surface area contributed by atoms with E-state index in [2.05, 4.69) is 15.6 Å². The summed E-state index contributed by atoms with van der Waals surface area (Å²) < 4.78 is 12.9. The highest BCUT2D eigenvalue weighted by atomic mass is 35.5. The van der Waals surface area contributed by atoms with E-state index in [0.29, 0.717) is 28.5 Å². The van der Waals surface area contributed by atoms with E-state index in [0.717, 1.165) is 11.1 Å². The highest BCUT2D eigenvalue weighted by Gasteiger charge is 2.08. The predicted octanol–water partition coefficient (Wildman–Crippen LogP) is 5.05. The number of nitrogens with one attached hydrogen (secondary N) is 2. The highest BCUT2D eigenvalue weighted by molar-refractivity contribution is 6.31. The molecule has 0 bridgehead atoms. The van der Waals surface area contributed by atoms with Crippen LogP contribution in [0.1, 0.15) is 21.5 Å². The van der Waals surface area contributed by atoms with Gasteiger partial charge in [-0.15, -0.1) is 0 Å². The summed E-state index contributed by atoms with van der Waals surface area (Å²) in [6.45, 7) is 2.40. The summed E-state index contributed by atoms with van der Waals surface area (Å²) in [5.74, 6) is -0.548. The summed E-state index contributed by atoms with van der Waals surface area (Å²) in [5, 5.41) is 6.56. The molecule has 0 saturated carbocycles. The van der Waals surface area contributed by atoms with E-state index in [1.165, 1.54) is 18.3 Å². The summed E-state index contributed by atoms with van der Waals surface area (Å²) in [5.41, 5.74) is 3.61. The van der Waals surface area contributed by atoms with E-state index in [1.54, 1.807) is 36.5 Å². The number of rotatable bonds is 5. The number of anilines is 2. The van der Waals surface area contributed by atoms with Crippen LogP contribution in [0.15, 0.2) is 60.9 Å². The maximum atomic E-state index is 12.9. The second-order valence-corrected chi connectivity index (χ2v) is 6.27. The lowest BCUT2D eigenvalue weighted by molar-refractivity contribution is 0.102. The van der Waals surface area contributed by atoms with Gasteiger partial charge in [-0.2, -0.15) is 0 Å². The van der Waals surface area contributed by atoms with Gasteiger partial charge in [0.25, 0.3) is 5.91 Å². The van der Waals surface area contributed by atoms with Gasteiger partial charge in [-0.1, -0.05) is 29.8 Å². The fourth-order valence-corrected chi connectivity index (χ4v) is 2.52. The molecule has 1 amide bonds. The number of hydrogen-bond acceptors (Lipinski definition) is 3. The first-order chi connectivity index (χ1) is 12.5. The molecule has 0 fully saturated rings. The number of carbonyl (C=O) groups is 1. The lowest BCUT2D eigenvalue weighted by atomic mass is 10.2. The molecule has 0 spiro atoms. The van der Waals surface area contributed by atoms with Crippen molar-refractivity contribution in [3.63, 3.8) is 0 Å². The van der Waals surface area contributed by atoms with Crippen molar-refractivity contribution < 1.29 is 9.18 Å². The van der Waals surface area contributed by atoms with E-state index in [1.807, 2.05) is 13.0 Å². The maximum absolute atomic E-state index is 12.9. The van der Waals surface area contributed by atoms with Crippen molar-refractivity contribution in [1.29, 1.82) is 0 Å². The zero-order valence-electron chi connectivity index (χ0n) is 14.1. The van der Waals surface area contributed by atoms with Gasteiger partial charge in [0, 0.05) is 29.6 Å². The van der Waals surface area contributed by atoms with Crippen LogP contribution in [0.2, 0.25) is 5.02 Å². The zero-order valence-corrected chi connectivity index (χ0v) is 14.8. The first kappa shape index (κ1) is 17.9. The quantitative estimate of drug-likeness (QED) is 0.662. The third-order valence-electron chi connectivity index (χ3n) is 3.84. The van der Waals surface area contributed by atoms with Crippen molar-refractivity contribution in [1.82, 2.24) is 4.98 Å². The summed E-state index contributed by atoms with van der Waals surface area (Å²) in [6.07, 6.45) is 3.12. The van der Waals surface area contributed by atoms with Gasteiger partial charge in [0.15, 0.2) is 0 Å². The van der Waals surface area contributed by atoms with E-state index >= 15 is 0 Å². The van der Waals surface area contributed by atoms with Crippen molar-refractivity contribution in [3.8, 4) is 0 Å². The van der Waals surface area contributed by atoms with Crippen molar-refractivity contribution >= 4 is 28.9 Å². The van der Waals surface area contributed by atoms with E-state index in [9.17, 15) is 9.18 Å². The Bertz CT molecular complexity index is 929. The minimum absolute atomic E-state index is 0.273. The van der Waals surface area contributed by atoms with Crippen LogP contribution < -0.4 is 10.6 Å². The van der Waals surface area contributed by atoms with E-state index < -0.39 is 0 Å². The van der Waals surface area contributed by atoms with Gasteiger partial charge in [-0.05, 0) is 48.4 Å². The monoisotopic (exact) mass is 369 g/mol. The molecule has 0 radical (unpaired) electrons. The number of aromatic nitrogens is 1. The second kappa shape index (κ2) is 7.97. The Morgan fingerprint density at radius 1 is 1.08 bits per heavy atom. The lowest BCUT2D eigenvalue weighted by Crippen LogP contribution is -2.13. The van der Waals surface area contributed by atoms with Gasteiger partial charge in [0.05, 0.1) is 11.3 Å². The number of aryl methyl sites for hydroxylation is 1. The van der Waals surface area contributed by atoms with E-state index in [-0.39, 0.29) is 11.7 Å². The van der Waals surface area contributed by atoms with Crippen LogP contribution in [-0.2, 0) is 6.54 Å². The Labute approximate surface area is 156 Å². The van der Waals surface area contributed by atoms with Gasteiger partial charge in [-0.3, -0.25) is 9.78 Å². The molecular weight excluding hydrogens is 353 g/mol. The second-order valence-electron chi connectivity index (χ2n) is 5.86. The minimum atomic E-state index is -0.275. The fraction of sp³-hybridized carbons (Fsp3) is 0.100. The van der Waals surface area contributed by atoms with Crippen LogP contribution >= 0.6 is 11.6 Å². The molecule has 0 aliphatic carbocycles. The molecule has 0 atom stereocenters.